The molecule has 3 aromatic rings. The predicted octanol–water partition coefficient (Wildman–Crippen LogP) is 2.27. The smallest absolute Gasteiger partial charge is 0.341 e. The Hall–Kier alpha value is -4.18. The number of hydrogen-bond donors (Lipinski definition) is 1. The molecule has 0 fully saturated rings. The molecule has 1 aliphatic heterocycles. The molecule has 186 valence electrons. The summed E-state index contributed by atoms with van der Waals surface area (Å²) in [6, 6.07) is 13.2. The Bertz CT molecular complexity index is 1530. The van der Waals surface area contributed by atoms with Gasteiger partial charge in [0.05, 0.1) is 35.6 Å². The van der Waals surface area contributed by atoms with Crippen LogP contribution in [0.1, 0.15) is 31.0 Å². The van der Waals surface area contributed by atoms with E-state index < -0.39 is 24.6 Å². The lowest BCUT2D eigenvalue weighted by molar-refractivity contribution is -0.140. The van der Waals surface area contributed by atoms with Gasteiger partial charge < -0.3 is 19.3 Å². The molecule has 36 heavy (non-hydrogen) atoms. The molecule has 9 nitrogen and oxygen atoms in total. The molecular formula is C26H24N2O7S. The van der Waals surface area contributed by atoms with Gasteiger partial charge in [-0.3, -0.25) is 9.36 Å². The molecular weight excluding hydrogens is 484 g/mol. The van der Waals surface area contributed by atoms with Crippen LogP contribution < -0.4 is 24.4 Å². The third kappa shape index (κ3) is 5.08. The lowest BCUT2D eigenvalue weighted by atomic mass is 9.95. The van der Waals surface area contributed by atoms with Crippen LogP contribution >= 0.6 is 11.3 Å². The van der Waals surface area contributed by atoms with Gasteiger partial charge in [0.2, 0.25) is 0 Å². The van der Waals surface area contributed by atoms with Gasteiger partial charge >= 0.3 is 11.9 Å². The Morgan fingerprint density at radius 3 is 2.64 bits per heavy atom. The second-order valence-corrected chi connectivity index (χ2v) is 8.84. The second kappa shape index (κ2) is 10.6. The summed E-state index contributed by atoms with van der Waals surface area (Å²) in [6.45, 7) is 3.16. The molecule has 0 saturated heterocycles. The minimum absolute atomic E-state index is 0.186. The highest BCUT2D eigenvalue weighted by Crippen LogP contribution is 2.32. The molecule has 2 aromatic carbocycles. The molecule has 0 unspecified atom stereocenters. The van der Waals surface area contributed by atoms with E-state index in [1.807, 2.05) is 6.07 Å². The SMILES string of the molecule is CCOC(=O)C1=C(C)N=c2s/c(=C\c3cccc(OCC(=O)O)c3)c(=O)n2[C@@H]1c1cccc(OC)c1. The van der Waals surface area contributed by atoms with E-state index in [9.17, 15) is 14.4 Å². The zero-order chi connectivity index (χ0) is 25.8. The fourth-order valence-corrected chi connectivity index (χ4v) is 4.96. The number of methoxy groups -OCH3 is 1. The fourth-order valence-electron chi connectivity index (χ4n) is 3.91. The molecule has 1 aliphatic rings. The number of carbonyl (C=O) groups excluding carboxylic acids is 1. The lowest BCUT2D eigenvalue weighted by Crippen LogP contribution is -2.39. The van der Waals surface area contributed by atoms with Crippen molar-refractivity contribution in [2.24, 2.45) is 4.99 Å². The minimum Gasteiger partial charge on any atom is -0.497 e. The number of fused-ring (bicyclic) bond motifs is 1. The molecule has 0 amide bonds. The van der Waals surface area contributed by atoms with Crippen LogP contribution in [0.4, 0.5) is 0 Å². The number of benzene rings is 2. The number of ether oxygens (including phenoxy) is 3. The van der Waals surface area contributed by atoms with Crippen LogP contribution in [-0.4, -0.2) is 41.9 Å². The van der Waals surface area contributed by atoms with Crippen molar-refractivity contribution < 1.29 is 28.9 Å². The normalized spacial score (nSPS) is 15.2. The van der Waals surface area contributed by atoms with Crippen LogP contribution in [0, 0.1) is 0 Å². The summed E-state index contributed by atoms with van der Waals surface area (Å²) in [5.41, 5.74) is 1.77. The van der Waals surface area contributed by atoms with Crippen molar-refractivity contribution in [2.75, 3.05) is 20.3 Å². The van der Waals surface area contributed by atoms with E-state index in [0.29, 0.717) is 37.7 Å². The third-order valence-corrected chi connectivity index (χ3v) is 6.43. The molecule has 4 rings (SSSR count). The van der Waals surface area contributed by atoms with Gasteiger partial charge in [-0.15, -0.1) is 0 Å². The first-order valence-electron chi connectivity index (χ1n) is 11.1. The van der Waals surface area contributed by atoms with E-state index in [-0.39, 0.29) is 17.7 Å². The van der Waals surface area contributed by atoms with Gasteiger partial charge in [0.1, 0.15) is 11.5 Å². The highest BCUT2D eigenvalue weighted by Gasteiger charge is 2.33. The van der Waals surface area contributed by atoms with Crippen LogP contribution in [0.2, 0.25) is 0 Å². The maximum absolute atomic E-state index is 13.7. The Balaban J connectivity index is 1.87. The maximum atomic E-state index is 13.7. The molecule has 2 heterocycles. The number of aromatic nitrogens is 1. The number of rotatable bonds is 8. The van der Waals surface area contributed by atoms with Crippen molar-refractivity contribution in [3.8, 4) is 11.5 Å². The standard InChI is InChI=1S/C26H24N2O7S/c1-4-34-25(32)22-15(2)27-26-28(23(22)17-8-6-9-18(13-17)33-3)24(31)20(36-26)12-16-7-5-10-19(11-16)35-14-21(29)30/h5-13,23H,4,14H2,1-3H3,(H,29,30)/b20-12-/t23-/m1/s1. The third-order valence-electron chi connectivity index (χ3n) is 5.44. The van der Waals surface area contributed by atoms with Crippen LogP contribution in [0.15, 0.2) is 69.6 Å². The molecule has 0 radical (unpaired) electrons. The van der Waals surface area contributed by atoms with Crippen molar-refractivity contribution in [2.45, 2.75) is 19.9 Å². The summed E-state index contributed by atoms with van der Waals surface area (Å²) in [4.78, 5) is 42.4. The fraction of sp³-hybridized carbons (Fsp3) is 0.231. The van der Waals surface area contributed by atoms with Crippen LogP contribution in [0.5, 0.6) is 11.5 Å². The van der Waals surface area contributed by atoms with E-state index in [1.165, 1.54) is 15.9 Å². The highest BCUT2D eigenvalue weighted by atomic mass is 32.1. The number of hydrogen-bond acceptors (Lipinski definition) is 8. The quantitative estimate of drug-likeness (QED) is 0.464. The summed E-state index contributed by atoms with van der Waals surface area (Å²) >= 11 is 1.20. The molecule has 0 aliphatic carbocycles. The number of thiazole rings is 1. The molecule has 1 atom stereocenters. The molecule has 10 heteroatoms. The van der Waals surface area contributed by atoms with E-state index in [2.05, 4.69) is 4.99 Å². The van der Waals surface area contributed by atoms with Gasteiger partial charge in [-0.2, -0.15) is 0 Å². The predicted molar refractivity (Wildman–Crippen MR) is 133 cm³/mol. The van der Waals surface area contributed by atoms with Crippen molar-refractivity contribution in [1.29, 1.82) is 0 Å². The number of nitrogens with zero attached hydrogens (tertiary/aromatic N) is 2. The largest absolute Gasteiger partial charge is 0.497 e. The summed E-state index contributed by atoms with van der Waals surface area (Å²) in [5.74, 6) is -0.664. The van der Waals surface area contributed by atoms with Gasteiger partial charge in [-0.1, -0.05) is 35.6 Å². The van der Waals surface area contributed by atoms with Crippen LogP contribution in [-0.2, 0) is 14.3 Å². The monoisotopic (exact) mass is 508 g/mol. The van der Waals surface area contributed by atoms with E-state index in [4.69, 9.17) is 19.3 Å². The molecule has 1 N–H and O–H groups in total. The van der Waals surface area contributed by atoms with Crippen LogP contribution in [0.3, 0.4) is 0 Å². The highest BCUT2D eigenvalue weighted by molar-refractivity contribution is 7.07. The average Bonchev–Trinajstić information content (AvgIpc) is 3.16. The average molecular weight is 509 g/mol. The summed E-state index contributed by atoms with van der Waals surface area (Å²) in [7, 11) is 1.55. The Morgan fingerprint density at radius 2 is 1.92 bits per heavy atom. The zero-order valence-electron chi connectivity index (χ0n) is 19.9. The Labute approximate surface area is 210 Å². The first kappa shape index (κ1) is 24.9. The molecule has 0 bridgehead atoms. The van der Waals surface area contributed by atoms with Gasteiger partial charge in [-0.05, 0) is 55.3 Å². The summed E-state index contributed by atoms with van der Waals surface area (Å²) in [6.07, 6.45) is 1.68. The van der Waals surface area contributed by atoms with Crippen molar-refractivity contribution in [1.82, 2.24) is 4.57 Å². The van der Waals surface area contributed by atoms with Crippen molar-refractivity contribution in [3.05, 3.63) is 90.6 Å². The molecule has 1 aromatic heterocycles. The van der Waals surface area contributed by atoms with Crippen molar-refractivity contribution in [3.63, 3.8) is 0 Å². The molecule has 0 saturated carbocycles. The summed E-state index contributed by atoms with van der Waals surface area (Å²) in [5, 5.41) is 8.85. The number of carbonyl (C=O) groups is 2. The molecule has 0 spiro atoms. The topological polar surface area (TPSA) is 116 Å². The number of carboxylic acids is 1. The first-order valence-corrected chi connectivity index (χ1v) is 11.9. The van der Waals surface area contributed by atoms with E-state index in [0.717, 1.165) is 0 Å². The number of allylic oxidation sites excluding steroid dienone is 1. The number of aliphatic carboxylic acids is 1. The Kier molecular flexibility index (Phi) is 7.35. The van der Waals surface area contributed by atoms with Gasteiger partial charge in [0.15, 0.2) is 11.4 Å². The van der Waals surface area contributed by atoms with Crippen LogP contribution in [0.25, 0.3) is 6.08 Å². The van der Waals surface area contributed by atoms with Crippen molar-refractivity contribution >= 4 is 29.4 Å². The lowest BCUT2D eigenvalue weighted by Gasteiger charge is -2.25. The zero-order valence-corrected chi connectivity index (χ0v) is 20.7. The Morgan fingerprint density at radius 1 is 1.17 bits per heavy atom. The van der Waals surface area contributed by atoms with E-state index in [1.54, 1.807) is 69.5 Å². The van der Waals surface area contributed by atoms with Gasteiger partial charge in [0.25, 0.3) is 5.56 Å². The van der Waals surface area contributed by atoms with Gasteiger partial charge in [0, 0.05) is 0 Å². The van der Waals surface area contributed by atoms with E-state index >= 15 is 0 Å². The first-order chi connectivity index (χ1) is 17.3. The number of esters is 1. The number of carboxylic acid groups (broad SMARTS) is 1. The minimum atomic E-state index is -1.08. The summed E-state index contributed by atoms with van der Waals surface area (Å²) < 4.78 is 17.8. The second-order valence-electron chi connectivity index (χ2n) is 7.83. The maximum Gasteiger partial charge on any atom is 0.341 e. The van der Waals surface area contributed by atoms with Gasteiger partial charge in [-0.25, -0.2) is 14.6 Å².